The third-order valence-electron chi connectivity index (χ3n) is 4.35. The van der Waals surface area contributed by atoms with E-state index in [2.05, 4.69) is 31.0 Å². The Balaban J connectivity index is 1.85. The molecule has 2 heterocycles. The summed E-state index contributed by atoms with van der Waals surface area (Å²) >= 11 is 0. The largest absolute Gasteiger partial charge is 0.378 e. The first-order valence-electron chi connectivity index (χ1n) is 7.31. The molecular weight excluding hydrogens is 212 g/mol. The minimum Gasteiger partial charge on any atom is -0.378 e. The van der Waals surface area contributed by atoms with Gasteiger partial charge < -0.3 is 10.1 Å². The Kier molecular flexibility index (Phi) is 4.83. The second kappa shape index (κ2) is 6.17. The summed E-state index contributed by atoms with van der Waals surface area (Å²) in [6.07, 6.45) is 5.51. The predicted octanol–water partition coefficient (Wildman–Crippen LogP) is 2.02. The molecule has 0 aromatic carbocycles. The maximum Gasteiger partial charge on any atom is 0.0561 e. The number of piperidine rings is 1. The zero-order chi connectivity index (χ0) is 12.3. The smallest absolute Gasteiger partial charge is 0.0561 e. The number of nitrogens with one attached hydrogen (secondary N) is 1. The normalized spacial score (nSPS) is 40.4. The molecule has 3 nitrogen and oxygen atoms in total. The van der Waals surface area contributed by atoms with Gasteiger partial charge in [-0.3, -0.25) is 4.90 Å². The summed E-state index contributed by atoms with van der Waals surface area (Å²) < 4.78 is 5.65. The van der Waals surface area contributed by atoms with E-state index in [4.69, 9.17) is 4.74 Å². The van der Waals surface area contributed by atoms with Crippen molar-refractivity contribution < 1.29 is 4.74 Å². The number of rotatable bonds is 3. The third-order valence-corrected chi connectivity index (χ3v) is 4.35. The first-order valence-corrected chi connectivity index (χ1v) is 7.31. The van der Waals surface area contributed by atoms with E-state index in [1.807, 2.05) is 0 Å². The Morgan fingerprint density at radius 1 is 1.24 bits per heavy atom. The first-order chi connectivity index (χ1) is 8.20. The molecule has 2 rings (SSSR count). The Morgan fingerprint density at radius 3 is 2.71 bits per heavy atom. The molecule has 17 heavy (non-hydrogen) atoms. The van der Waals surface area contributed by atoms with Gasteiger partial charge in [0.2, 0.25) is 0 Å². The number of ether oxygens (including phenoxy) is 1. The fourth-order valence-corrected chi connectivity index (χ4v) is 3.48. The van der Waals surface area contributed by atoms with Crippen molar-refractivity contribution in [3.8, 4) is 0 Å². The summed E-state index contributed by atoms with van der Waals surface area (Å²) in [5.74, 6) is 0. The highest BCUT2D eigenvalue weighted by Crippen LogP contribution is 2.26. The molecule has 100 valence electrons. The van der Waals surface area contributed by atoms with Gasteiger partial charge in [-0.1, -0.05) is 6.92 Å². The summed E-state index contributed by atoms with van der Waals surface area (Å²) in [4.78, 5) is 2.73. The molecule has 0 saturated carbocycles. The molecule has 1 N–H and O–H groups in total. The zero-order valence-electron chi connectivity index (χ0n) is 11.6. The molecule has 2 aliphatic rings. The van der Waals surface area contributed by atoms with Gasteiger partial charge in [0.25, 0.3) is 0 Å². The van der Waals surface area contributed by atoms with Crippen molar-refractivity contribution in [2.75, 3.05) is 19.7 Å². The Hall–Kier alpha value is -0.120. The van der Waals surface area contributed by atoms with Crippen molar-refractivity contribution in [3.05, 3.63) is 0 Å². The molecule has 0 radical (unpaired) electrons. The quantitative estimate of drug-likeness (QED) is 0.817. The van der Waals surface area contributed by atoms with Crippen LogP contribution in [0.3, 0.4) is 0 Å². The average molecular weight is 240 g/mol. The average Bonchev–Trinajstić information content (AvgIpc) is 2.29. The van der Waals surface area contributed by atoms with Gasteiger partial charge in [-0.2, -0.15) is 0 Å². The van der Waals surface area contributed by atoms with Crippen LogP contribution in [0.4, 0.5) is 0 Å². The highest BCUT2D eigenvalue weighted by Gasteiger charge is 2.32. The lowest BCUT2D eigenvalue weighted by Crippen LogP contribution is -2.53. The summed E-state index contributed by atoms with van der Waals surface area (Å²) in [6, 6.07) is 2.22. The molecule has 4 unspecified atom stereocenters. The maximum absolute atomic E-state index is 5.65. The van der Waals surface area contributed by atoms with Crippen LogP contribution in [0.15, 0.2) is 0 Å². The van der Waals surface area contributed by atoms with Crippen molar-refractivity contribution in [1.29, 1.82) is 0 Å². The van der Waals surface area contributed by atoms with Gasteiger partial charge in [0.1, 0.15) is 0 Å². The minimum absolute atomic E-state index is 0.451. The standard InChI is InChI=1S/C14H28N2O/c1-4-15-13-5-7-16(11(2)9-13)14-6-8-17-12(3)10-14/h11-15H,4-10H2,1-3H3. The second-order valence-corrected chi connectivity index (χ2v) is 5.73. The molecule has 3 heteroatoms. The topological polar surface area (TPSA) is 24.5 Å². The number of hydrogen-bond donors (Lipinski definition) is 1. The van der Waals surface area contributed by atoms with Gasteiger partial charge in [-0.05, 0) is 46.1 Å². The second-order valence-electron chi connectivity index (χ2n) is 5.73. The summed E-state index contributed by atoms with van der Waals surface area (Å²) in [5, 5.41) is 3.60. The Bertz CT molecular complexity index is 234. The molecular formula is C14H28N2O. The van der Waals surface area contributed by atoms with Crippen LogP contribution < -0.4 is 5.32 Å². The van der Waals surface area contributed by atoms with Crippen molar-refractivity contribution in [1.82, 2.24) is 10.2 Å². The third kappa shape index (κ3) is 3.43. The van der Waals surface area contributed by atoms with E-state index in [0.717, 1.165) is 31.3 Å². The van der Waals surface area contributed by atoms with Crippen molar-refractivity contribution >= 4 is 0 Å². The first kappa shape index (κ1) is 13.3. The van der Waals surface area contributed by atoms with E-state index in [0.29, 0.717) is 6.10 Å². The summed E-state index contributed by atoms with van der Waals surface area (Å²) in [6.45, 7) is 10.1. The molecule has 4 atom stereocenters. The SMILES string of the molecule is CCNC1CCN(C2CCOC(C)C2)C(C)C1. The molecule has 2 aliphatic heterocycles. The van der Waals surface area contributed by atoms with Gasteiger partial charge in [0.05, 0.1) is 6.10 Å². The molecule has 2 saturated heterocycles. The lowest BCUT2D eigenvalue weighted by molar-refractivity contribution is -0.0354. The fraction of sp³-hybridized carbons (Fsp3) is 1.00. The highest BCUT2D eigenvalue weighted by atomic mass is 16.5. The summed E-state index contributed by atoms with van der Waals surface area (Å²) in [5.41, 5.74) is 0. The molecule has 2 fully saturated rings. The van der Waals surface area contributed by atoms with Crippen LogP contribution in [0, 0.1) is 0 Å². The van der Waals surface area contributed by atoms with Gasteiger partial charge >= 0.3 is 0 Å². The van der Waals surface area contributed by atoms with Gasteiger partial charge in [0.15, 0.2) is 0 Å². The van der Waals surface area contributed by atoms with Gasteiger partial charge in [0, 0.05) is 31.3 Å². The van der Waals surface area contributed by atoms with Crippen LogP contribution in [0.5, 0.6) is 0 Å². The number of likely N-dealkylation sites (tertiary alicyclic amines) is 1. The lowest BCUT2D eigenvalue weighted by Gasteiger charge is -2.45. The van der Waals surface area contributed by atoms with Crippen LogP contribution in [0.2, 0.25) is 0 Å². The van der Waals surface area contributed by atoms with Crippen LogP contribution in [-0.4, -0.2) is 48.8 Å². The van der Waals surface area contributed by atoms with E-state index < -0.39 is 0 Å². The lowest BCUT2D eigenvalue weighted by atomic mass is 9.93. The minimum atomic E-state index is 0.451. The molecule has 0 aliphatic carbocycles. The van der Waals surface area contributed by atoms with E-state index in [1.165, 1.54) is 32.2 Å². The highest BCUT2D eigenvalue weighted by molar-refractivity contribution is 4.88. The fourth-order valence-electron chi connectivity index (χ4n) is 3.48. The molecule has 0 spiro atoms. The van der Waals surface area contributed by atoms with E-state index in [9.17, 15) is 0 Å². The van der Waals surface area contributed by atoms with E-state index >= 15 is 0 Å². The van der Waals surface area contributed by atoms with E-state index in [1.54, 1.807) is 0 Å². The van der Waals surface area contributed by atoms with Crippen LogP contribution in [0.25, 0.3) is 0 Å². The predicted molar refractivity (Wildman–Crippen MR) is 71.3 cm³/mol. The van der Waals surface area contributed by atoms with Crippen LogP contribution in [0.1, 0.15) is 46.5 Å². The molecule has 0 amide bonds. The number of nitrogens with zero attached hydrogens (tertiary/aromatic N) is 1. The molecule has 0 aromatic rings. The van der Waals surface area contributed by atoms with E-state index in [-0.39, 0.29) is 0 Å². The summed E-state index contributed by atoms with van der Waals surface area (Å²) in [7, 11) is 0. The number of hydrogen-bond acceptors (Lipinski definition) is 3. The molecule has 0 aromatic heterocycles. The van der Waals surface area contributed by atoms with Crippen LogP contribution in [-0.2, 0) is 4.74 Å². The van der Waals surface area contributed by atoms with Gasteiger partial charge in [-0.25, -0.2) is 0 Å². The maximum atomic E-state index is 5.65. The van der Waals surface area contributed by atoms with Crippen molar-refractivity contribution in [2.24, 2.45) is 0 Å². The monoisotopic (exact) mass is 240 g/mol. The van der Waals surface area contributed by atoms with Gasteiger partial charge in [-0.15, -0.1) is 0 Å². The van der Waals surface area contributed by atoms with Crippen LogP contribution >= 0.6 is 0 Å². The van der Waals surface area contributed by atoms with Crippen molar-refractivity contribution in [2.45, 2.75) is 70.7 Å². The zero-order valence-corrected chi connectivity index (χ0v) is 11.6. The molecule has 0 bridgehead atoms. The Labute approximate surface area is 106 Å². The Morgan fingerprint density at radius 2 is 2.06 bits per heavy atom. The van der Waals surface area contributed by atoms with Crippen molar-refractivity contribution in [3.63, 3.8) is 0 Å².